The molecule has 1 aromatic carbocycles. The van der Waals surface area contributed by atoms with Gasteiger partial charge in [-0.2, -0.15) is 0 Å². The van der Waals surface area contributed by atoms with Gasteiger partial charge in [0.1, 0.15) is 5.69 Å². The van der Waals surface area contributed by atoms with E-state index in [2.05, 4.69) is 4.98 Å². The molecular weight excluding hydrogens is 242 g/mol. The van der Waals surface area contributed by atoms with Crippen molar-refractivity contribution in [3.05, 3.63) is 63.5 Å². The third-order valence-electron chi connectivity index (χ3n) is 3.06. The maximum Gasteiger partial charge on any atom is 0.292 e. The van der Waals surface area contributed by atoms with Gasteiger partial charge in [-0.15, -0.1) is 0 Å². The number of nitro benzene ring substituents is 1. The molecule has 0 saturated heterocycles. The van der Waals surface area contributed by atoms with E-state index < -0.39 is 4.92 Å². The van der Waals surface area contributed by atoms with Crippen molar-refractivity contribution < 1.29 is 4.92 Å². The number of hydrogen-bond acceptors (Lipinski definition) is 4. The van der Waals surface area contributed by atoms with Gasteiger partial charge < -0.3 is 5.73 Å². The number of aryl methyl sites for hydroxylation is 3. The number of anilines is 1. The number of pyridine rings is 1. The molecule has 0 amide bonds. The van der Waals surface area contributed by atoms with Crippen LogP contribution in [-0.2, 0) is 12.8 Å². The minimum Gasteiger partial charge on any atom is -0.393 e. The van der Waals surface area contributed by atoms with Crippen LogP contribution in [0.5, 0.6) is 0 Å². The summed E-state index contributed by atoms with van der Waals surface area (Å²) in [5.41, 5.74) is 8.77. The Kier molecular flexibility index (Phi) is 3.75. The molecule has 0 fully saturated rings. The minimum atomic E-state index is -0.454. The minimum absolute atomic E-state index is 0.0322. The second-order valence-electron chi connectivity index (χ2n) is 4.42. The first-order valence-corrected chi connectivity index (χ1v) is 6.01. The highest BCUT2D eigenvalue weighted by molar-refractivity contribution is 5.59. The smallest absolute Gasteiger partial charge is 0.292 e. The molecule has 2 N–H and O–H groups in total. The first-order chi connectivity index (χ1) is 9.08. The van der Waals surface area contributed by atoms with Crippen LogP contribution >= 0.6 is 0 Å². The predicted molar refractivity (Wildman–Crippen MR) is 73.9 cm³/mol. The fourth-order valence-electron chi connectivity index (χ4n) is 1.95. The van der Waals surface area contributed by atoms with E-state index in [1.807, 2.05) is 25.1 Å². The van der Waals surface area contributed by atoms with E-state index in [4.69, 9.17) is 5.73 Å². The van der Waals surface area contributed by atoms with Crippen LogP contribution in [0.3, 0.4) is 0 Å². The highest BCUT2D eigenvalue weighted by Crippen LogP contribution is 2.23. The average molecular weight is 257 g/mol. The maximum atomic E-state index is 10.8. The van der Waals surface area contributed by atoms with Crippen LogP contribution in [0, 0.1) is 17.0 Å². The monoisotopic (exact) mass is 257 g/mol. The highest BCUT2D eigenvalue weighted by atomic mass is 16.6. The van der Waals surface area contributed by atoms with Crippen molar-refractivity contribution in [1.82, 2.24) is 4.98 Å². The third-order valence-corrected chi connectivity index (χ3v) is 3.06. The zero-order valence-corrected chi connectivity index (χ0v) is 10.7. The van der Waals surface area contributed by atoms with Crippen molar-refractivity contribution in [2.45, 2.75) is 19.8 Å². The molecule has 1 aromatic heterocycles. The van der Waals surface area contributed by atoms with Gasteiger partial charge in [0.25, 0.3) is 5.69 Å². The fourth-order valence-corrected chi connectivity index (χ4v) is 1.95. The molecule has 0 aliphatic carbocycles. The van der Waals surface area contributed by atoms with Gasteiger partial charge in [0.2, 0.25) is 0 Å². The van der Waals surface area contributed by atoms with Gasteiger partial charge >= 0.3 is 0 Å². The highest BCUT2D eigenvalue weighted by Gasteiger charge is 2.12. The van der Waals surface area contributed by atoms with E-state index in [1.165, 1.54) is 6.07 Å². The third kappa shape index (κ3) is 3.07. The largest absolute Gasteiger partial charge is 0.393 e. The average Bonchev–Trinajstić information content (AvgIpc) is 2.39. The van der Waals surface area contributed by atoms with Crippen molar-refractivity contribution in [2.75, 3.05) is 5.73 Å². The van der Waals surface area contributed by atoms with Crippen LogP contribution in [0.25, 0.3) is 0 Å². The Bertz CT molecular complexity index is 611. The summed E-state index contributed by atoms with van der Waals surface area (Å²) in [5, 5.41) is 10.8. The van der Waals surface area contributed by atoms with Crippen LogP contribution in [0.2, 0.25) is 0 Å². The molecule has 19 heavy (non-hydrogen) atoms. The molecule has 0 aliphatic rings. The van der Waals surface area contributed by atoms with Gasteiger partial charge in [-0.05, 0) is 43.0 Å². The Labute approximate surface area is 111 Å². The number of rotatable bonds is 4. The van der Waals surface area contributed by atoms with Gasteiger partial charge in [-0.3, -0.25) is 15.1 Å². The summed E-state index contributed by atoms with van der Waals surface area (Å²) in [5.74, 6) is 0. The summed E-state index contributed by atoms with van der Waals surface area (Å²) in [6.45, 7) is 2.01. The molecule has 0 atom stereocenters. The molecule has 0 bridgehead atoms. The van der Waals surface area contributed by atoms with Crippen LogP contribution < -0.4 is 5.73 Å². The Hall–Kier alpha value is -2.43. The fraction of sp³-hybridized carbons (Fsp3) is 0.214. The Morgan fingerprint density at radius 2 is 2.11 bits per heavy atom. The first-order valence-electron chi connectivity index (χ1n) is 6.01. The second kappa shape index (κ2) is 5.48. The van der Waals surface area contributed by atoms with Gasteiger partial charge in [0.15, 0.2) is 0 Å². The molecule has 2 aromatic rings. The van der Waals surface area contributed by atoms with Crippen LogP contribution in [-0.4, -0.2) is 9.91 Å². The van der Waals surface area contributed by atoms with E-state index in [0.717, 1.165) is 23.2 Å². The molecular formula is C14H15N3O2. The van der Waals surface area contributed by atoms with E-state index in [9.17, 15) is 10.1 Å². The quantitative estimate of drug-likeness (QED) is 0.518. The molecule has 0 spiro atoms. The lowest BCUT2D eigenvalue weighted by Gasteiger charge is -2.05. The van der Waals surface area contributed by atoms with Crippen LogP contribution in [0.4, 0.5) is 11.4 Å². The van der Waals surface area contributed by atoms with Crippen LogP contribution in [0.1, 0.15) is 16.8 Å². The maximum absolute atomic E-state index is 10.8. The lowest BCUT2D eigenvalue weighted by molar-refractivity contribution is -0.384. The number of nitro groups is 1. The predicted octanol–water partition coefficient (Wildman–Crippen LogP) is 2.67. The Morgan fingerprint density at radius 3 is 2.79 bits per heavy atom. The summed E-state index contributed by atoms with van der Waals surface area (Å²) in [4.78, 5) is 14.7. The number of nitrogens with two attached hydrogens (primary N) is 1. The number of benzene rings is 1. The molecule has 0 radical (unpaired) electrons. The summed E-state index contributed by atoms with van der Waals surface area (Å²) < 4.78 is 0. The van der Waals surface area contributed by atoms with Crippen molar-refractivity contribution in [2.24, 2.45) is 0 Å². The van der Waals surface area contributed by atoms with E-state index in [-0.39, 0.29) is 11.4 Å². The van der Waals surface area contributed by atoms with Gasteiger partial charge in [0.05, 0.1) is 4.92 Å². The van der Waals surface area contributed by atoms with Crippen LogP contribution in [0.15, 0.2) is 36.5 Å². The zero-order chi connectivity index (χ0) is 13.8. The summed E-state index contributed by atoms with van der Waals surface area (Å²) in [7, 11) is 0. The number of hydrogen-bond donors (Lipinski definition) is 1. The number of nitrogens with zero attached hydrogens (tertiary/aromatic N) is 2. The SMILES string of the molecule is Cc1cccnc1CCc1ccc(N)c([N+](=O)[O-])c1. The lowest BCUT2D eigenvalue weighted by Crippen LogP contribution is -2.00. The van der Waals surface area contributed by atoms with Crippen molar-refractivity contribution in [1.29, 1.82) is 0 Å². The Morgan fingerprint density at radius 1 is 1.32 bits per heavy atom. The van der Waals surface area contributed by atoms with Crippen molar-refractivity contribution >= 4 is 11.4 Å². The molecule has 0 saturated carbocycles. The molecule has 5 heteroatoms. The number of nitrogen functional groups attached to an aromatic ring is 1. The summed E-state index contributed by atoms with van der Waals surface area (Å²) in [6, 6.07) is 8.84. The second-order valence-corrected chi connectivity index (χ2v) is 4.42. The lowest BCUT2D eigenvalue weighted by atomic mass is 10.0. The molecule has 98 valence electrons. The Balaban J connectivity index is 2.14. The molecule has 2 rings (SSSR count). The molecule has 5 nitrogen and oxygen atoms in total. The standard InChI is InChI=1S/C14H15N3O2/c1-10-3-2-8-16-13(10)7-5-11-4-6-12(15)14(9-11)17(18)19/h2-4,6,8-9H,5,7,15H2,1H3. The van der Waals surface area contributed by atoms with Crippen molar-refractivity contribution in [3.63, 3.8) is 0 Å². The molecule has 0 aliphatic heterocycles. The molecule has 0 unspecified atom stereocenters. The van der Waals surface area contributed by atoms with E-state index >= 15 is 0 Å². The van der Waals surface area contributed by atoms with E-state index in [0.29, 0.717) is 6.42 Å². The number of aromatic nitrogens is 1. The topological polar surface area (TPSA) is 82.0 Å². The van der Waals surface area contributed by atoms with Gasteiger partial charge in [0, 0.05) is 18.0 Å². The first kappa shape index (κ1) is 13.0. The van der Waals surface area contributed by atoms with Gasteiger partial charge in [-0.25, -0.2) is 0 Å². The summed E-state index contributed by atoms with van der Waals surface area (Å²) in [6.07, 6.45) is 3.22. The normalized spacial score (nSPS) is 10.4. The van der Waals surface area contributed by atoms with Gasteiger partial charge in [-0.1, -0.05) is 12.1 Å². The summed E-state index contributed by atoms with van der Waals surface area (Å²) >= 11 is 0. The van der Waals surface area contributed by atoms with Crippen molar-refractivity contribution in [3.8, 4) is 0 Å². The van der Waals surface area contributed by atoms with E-state index in [1.54, 1.807) is 12.3 Å². The molecule has 1 heterocycles. The zero-order valence-electron chi connectivity index (χ0n) is 10.7.